The summed E-state index contributed by atoms with van der Waals surface area (Å²) in [4.78, 5) is 4.16. The molecule has 3 nitrogen and oxygen atoms in total. The van der Waals surface area contributed by atoms with E-state index in [1.807, 2.05) is 0 Å². The van der Waals surface area contributed by atoms with Gasteiger partial charge < -0.3 is 0 Å². The first-order chi connectivity index (χ1) is 8.72. The van der Waals surface area contributed by atoms with Crippen LogP contribution in [0.15, 0.2) is 42.6 Å². The van der Waals surface area contributed by atoms with Gasteiger partial charge in [0, 0.05) is 12.5 Å². The van der Waals surface area contributed by atoms with Gasteiger partial charge in [-0.15, -0.1) is 0 Å². The minimum absolute atomic E-state index is 0.240. The number of hydrogen-bond donors (Lipinski definition) is 0. The first-order valence-corrected chi connectivity index (χ1v) is 5.84. The van der Waals surface area contributed by atoms with Gasteiger partial charge in [-0.05, 0) is 23.8 Å². The topological polar surface area (TPSA) is 30.2 Å². The summed E-state index contributed by atoms with van der Waals surface area (Å²) in [5, 5.41) is 4.63. The second kappa shape index (κ2) is 4.38. The Hall–Kier alpha value is -1.94. The standard InChI is InChI=1S/C13H9ClFN3/c14-12-8-11(18-13(17-12)5-6-16-18)7-9-1-3-10(15)4-2-9/h1-6,8H,7H2. The van der Waals surface area contributed by atoms with E-state index in [-0.39, 0.29) is 5.82 Å². The lowest BCUT2D eigenvalue weighted by Gasteiger charge is -2.05. The predicted octanol–water partition coefficient (Wildman–Crippen LogP) is 3.11. The fraction of sp³-hybridized carbons (Fsp3) is 0.0769. The highest BCUT2D eigenvalue weighted by atomic mass is 35.5. The molecule has 18 heavy (non-hydrogen) atoms. The lowest BCUT2D eigenvalue weighted by atomic mass is 10.1. The van der Waals surface area contributed by atoms with Crippen LogP contribution in [0.4, 0.5) is 4.39 Å². The van der Waals surface area contributed by atoms with Crippen LogP contribution in [0, 0.1) is 5.82 Å². The largest absolute Gasteiger partial charge is 0.219 e. The maximum atomic E-state index is 12.8. The third-order valence-corrected chi connectivity index (χ3v) is 2.89. The molecule has 1 aromatic carbocycles. The molecule has 0 aliphatic rings. The fourth-order valence-corrected chi connectivity index (χ4v) is 2.09. The summed E-state index contributed by atoms with van der Waals surface area (Å²) in [5.74, 6) is -0.240. The SMILES string of the molecule is Fc1ccc(Cc2cc(Cl)nc3ccnn23)cc1. The summed E-state index contributed by atoms with van der Waals surface area (Å²) in [6.07, 6.45) is 2.30. The molecule has 0 amide bonds. The Balaban J connectivity index is 2.03. The zero-order valence-electron chi connectivity index (χ0n) is 9.35. The van der Waals surface area contributed by atoms with Gasteiger partial charge in [-0.25, -0.2) is 13.9 Å². The molecule has 0 atom stereocenters. The summed E-state index contributed by atoms with van der Waals surface area (Å²) >= 11 is 5.96. The van der Waals surface area contributed by atoms with Crippen LogP contribution < -0.4 is 0 Å². The lowest BCUT2D eigenvalue weighted by Crippen LogP contribution is -2.01. The van der Waals surface area contributed by atoms with Gasteiger partial charge in [0.2, 0.25) is 0 Å². The number of halogens is 2. The number of fused-ring (bicyclic) bond motifs is 1. The minimum Gasteiger partial charge on any atom is -0.219 e. The molecule has 0 fully saturated rings. The van der Waals surface area contributed by atoms with Crippen molar-refractivity contribution in [3.05, 3.63) is 64.8 Å². The molecule has 5 heteroatoms. The third kappa shape index (κ3) is 2.07. The summed E-state index contributed by atoms with van der Waals surface area (Å²) in [6, 6.07) is 9.94. The highest BCUT2D eigenvalue weighted by Gasteiger charge is 2.06. The Morgan fingerprint density at radius 3 is 2.72 bits per heavy atom. The minimum atomic E-state index is -0.240. The Kier molecular flexibility index (Phi) is 2.72. The average molecular weight is 262 g/mol. The summed E-state index contributed by atoms with van der Waals surface area (Å²) in [6.45, 7) is 0. The van der Waals surface area contributed by atoms with Crippen LogP contribution in [0.1, 0.15) is 11.3 Å². The number of benzene rings is 1. The van der Waals surface area contributed by atoms with Crippen molar-refractivity contribution in [3.63, 3.8) is 0 Å². The van der Waals surface area contributed by atoms with Crippen molar-refractivity contribution >= 4 is 17.2 Å². The Labute approximate surface area is 108 Å². The van der Waals surface area contributed by atoms with Crippen LogP contribution in [0.2, 0.25) is 5.15 Å². The van der Waals surface area contributed by atoms with Crippen LogP contribution in [0.3, 0.4) is 0 Å². The zero-order chi connectivity index (χ0) is 12.5. The van der Waals surface area contributed by atoms with Crippen molar-refractivity contribution in [1.82, 2.24) is 14.6 Å². The number of aromatic nitrogens is 3. The van der Waals surface area contributed by atoms with E-state index in [9.17, 15) is 4.39 Å². The molecule has 0 aliphatic heterocycles. The summed E-state index contributed by atoms with van der Waals surface area (Å²) in [5.41, 5.74) is 2.62. The fourth-order valence-electron chi connectivity index (χ4n) is 1.88. The van der Waals surface area contributed by atoms with Gasteiger partial charge in [0.1, 0.15) is 11.0 Å². The molecule has 90 valence electrons. The van der Waals surface area contributed by atoms with E-state index in [1.165, 1.54) is 12.1 Å². The van der Waals surface area contributed by atoms with Crippen molar-refractivity contribution in [2.45, 2.75) is 6.42 Å². The van der Waals surface area contributed by atoms with Crippen molar-refractivity contribution in [3.8, 4) is 0 Å². The second-order valence-corrected chi connectivity index (χ2v) is 4.36. The van der Waals surface area contributed by atoms with E-state index < -0.39 is 0 Å². The van der Waals surface area contributed by atoms with Gasteiger partial charge in [0.25, 0.3) is 0 Å². The monoisotopic (exact) mass is 261 g/mol. The second-order valence-electron chi connectivity index (χ2n) is 3.97. The van der Waals surface area contributed by atoms with Crippen LogP contribution in [-0.4, -0.2) is 14.6 Å². The normalized spacial score (nSPS) is 11.0. The molecule has 0 N–H and O–H groups in total. The van der Waals surface area contributed by atoms with Crippen LogP contribution >= 0.6 is 11.6 Å². The molecule has 0 bridgehead atoms. The molecule has 0 saturated heterocycles. The number of hydrogen-bond acceptors (Lipinski definition) is 2. The third-order valence-electron chi connectivity index (χ3n) is 2.70. The Morgan fingerprint density at radius 2 is 1.94 bits per heavy atom. The van der Waals surface area contributed by atoms with Gasteiger partial charge in [-0.3, -0.25) is 0 Å². The molecular weight excluding hydrogens is 253 g/mol. The molecule has 0 spiro atoms. The van der Waals surface area contributed by atoms with Gasteiger partial charge in [0.15, 0.2) is 5.65 Å². The van der Waals surface area contributed by atoms with E-state index in [2.05, 4.69) is 10.1 Å². The molecule has 3 rings (SSSR count). The number of rotatable bonds is 2. The molecule has 2 aromatic heterocycles. The maximum absolute atomic E-state index is 12.8. The van der Waals surface area contributed by atoms with E-state index >= 15 is 0 Å². The molecule has 3 aromatic rings. The van der Waals surface area contributed by atoms with Crippen molar-refractivity contribution < 1.29 is 4.39 Å². The van der Waals surface area contributed by atoms with Crippen LogP contribution in [0.5, 0.6) is 0 Å². The first kappa shape index (κ1) is 11.2. The summed E-state index contributed by atoms with van der Waals surface area (Å²) < 4.78 is 14.6. The smallest absolute Gasteiger partial charge is 0.156 e. The van der Waals surface area contributed by atoms with Crippen LogP contribution in [0.25, 0.3) is 5.65 Å². The molecular formula is C13H9ClFN3. The van der Waals surface area contributed by atoms with Crippen molar-refractivity contribution in [2.75, 3.05) is 0 Å². The van der Waals surface area contributed by atoms with E-state index in [1.54, 1.807) is 35.0 Å². The van der Waals surface area contributed by atoms with Gasteiger partial charge in [-0.1, -0.05) is 23.7 Å². The lowest BCUT2D eigenvalue weighted by molar-refractivity contribution is 0.627. The first-order valence-electron chi connectivity index (χ1n) is 5.46. The molecule has 2 heterocycles. The van der Waals surface area contributed by atoms with E-state index in [0.29, 0.717) is 17.2 Å². The van der Waals surface area contributed by atoms with Crippen molar-refractivity contribution in [2.24, 2.45) is 0 Å². The highest BCUT2D eigenvalue weighted by Crippen LogP contribution is 2.15. The molecule has 0 radical (unpaired) electrons. The van der Waals surface area contributed by atoms with E-state index in [0.717, 1.165) is 11.3 Å². The molecule has 0 aliphatic carbocycles. The van der Waals surface area contributed by atoms with Crippen LogP contribution in [-0.2, 0) is 6.42 Å². The number of nitrogens with zero attached hydrogens (tertiary/aromatic N) is 3. The van der Waals surface area contributed by atoms with Crippen molar-refractivity contribution in [1.29, 1.82) is 0 Å². The maximum Gasteiger partial charge on any atom is 0.156 e. The van der Waals surface area contributed by atoms with Gasteiger partial charge >= 0.3 is 0 Å². The van der Waals surface area contributed by atoms with Gasteiger partial charge in [0.05, 0.1) is 11.9 Å². The molecule has 0 unspecified atom stereocenters. The predicted molar refractivity (Wildman–Crippen MR) is 67.2 cm³/mol. The van der Waals surface area contributed by atoms with E-state index in [4.69, 9.17) is 11.6 Å². The Morgan fingerprint density at radius 1 is 1.17 bits per heavy atom. The Bertz CT molecular complexity index is 691. The highest BCUT2D eigenvalue weighted by molar-refractivity contribution is 6.29. The molecule has 0 saturated carbocycles. The zero-order valence-corrected chi connectivity index (χ0v) is 10.1. The summed E-state index contributed by atoms with van der Waals surface area (Å²) in [7, 11) is 0. The quantitative estimate of drug-likeness (QED) is 0.664. The van der Waals surface area contributed by atoms with Gasteiger partial charge in [-0.2, -0.15) is 5.10 Å². The average Bonchev–Trinajstić information content (AvgIpc) is 2.80.